The molecular weight excluding hydrogens is 729 g/mol. The van der Waals surface area contributed by atoms with Crippen LogP contribution in [0.1, 0.15) is 46.6 Å². The molecule has 0 spiro atoms. The zero-order chi connectivity index (χ0) is 40.7. The summed E-state index contributed by atoms with van der Waals surface area (Å²) in [5, 5.41) is 35.4. The Morgan fingerprint density at radius 1 is 0.807 bits per heavy atom. The summed E-state index contributed by atoms with van der Waals surface area (Å²) >= 11 is 0. The van der Waals surface area contributed by atoms with Crippen LogP contribution < -0.4 is 9.80 Å². The molecule has 0 aromatic heterocycles. The van der Waals surface area contributed by atoms with Gasteiger partial charge < -0.3 is 10.0 Å². The Balaban J connectivity index is 1.35. The number of aryl methyl sites for hydroxylation is 2. The van der Waals surface area contributed by atoms with Gasteiger partial charge in [-0.2, -0.15) is 0 Å². The molecule has 1 aliphatic heterocycles. The van der Waals surface area contributed by atoms with E-state index in [9.17, 15) is 34.9 Å². The summed E-state index contributed by atoms with van der Waals surface area (Å²) in [6.07, 6.45) is 3.42. The van der Waals surface area contributed by atoms with Crippen LogP contribution >= 0.6 is 0 Å². The Labute approximate surface area is 327 Å². The van der Waals surface area contributed by atoms with Crippen LogP contribution in [0.15, 0.2) is 103 Å². The van der Waals surface area contributed by atoms with Crippen molar-refractivity contribution in [2.75, 3.05) is 23.9 Å². The van der Waals surface area contributed by atoms with Crippen LogP contribution in [-0.4, -0.2) is 52.4 Å². The molecule has 0 radical (unpaired) electrons. The predicted molar refractivity (Wildman–Crippen MR) is 211 cm³/mol. The van der Waals surface area contributed by atoms with Crippen LogP contribution in [0.25, 0.3) is 5.57 Å². The summed E-state index contributed by atoms with van der Waals surface area (Å²) in [5.41, 5.74) is 0.534. The SMILES string of the molecule is Cc1cc([C@H]2C3=CC[C@@H]4C(=O)N(c5cc([N+](=O)[O-])c(N(C)C)c([N+](=O)[O-])c5)C(=O)[C@@H]4[C@@H]3C[C@H]3C(=O)C(c4ccccc4)=CC(=O)[C@@]23c2ccccc2)cc(C)c1O. The van der Waals surface area contributed by atoms with Gasteiger partial charge in [0, 0.05) is 43.6 Å². The molecule has 4 aliphatic rings. The largest absolute Gasteiger partial charge is 0.507 e. The quantitative estimate of drug-likeness (QED) is 0.0898. The molecule has 2 amide bonds. The fraction of sp³-hybridized carbons (Fsp3) is 0.273. The highest BCUT2D eigenvalue weighted by molar-refractivity contribution is 6.32. The minimum absolute atomic E-state index is 0.0237. The number of hydrogen-bond acceptors (Lipinski definition) is 10. The number of ketones is 2. The topological polar surface area (TPSA) is 181 Å². The normalized spacial score (nSPS) is 25.3. The second-order valence-corrected chi connectivity index (χ2v) is 15.5. The van der Waals surface area contributed by atoms with Crippen molar-refractivity contribution < 1.29 is 34.1 Å². The zero-order valence-corrected chi connectivity index (χ0v) is 31.5. The molecule has 1 saturated heterocycles. The fourth-order valence-corrected chi connectivity index (χ4v) is 10.1. The Hall–Kier alpha value is -6.76. The monoisotopic (exact) mass is 766 g/mol. The third-order valence-corrected chi connectivity index (χ3v) is 12.4. The lowest BCUT2D eigenvalue weighted by Crippen LogP contribution is -2.58. The lowest BCUT2D eigenvalue weighted by molar-refractivity contribution is -0.392. The molecule has 13 nitrogen and oxygen atoms in total. The molecule has 288 valence electrons. The molecule has 1 N–H and O–H groups in total. The summed E-state index contributed by atoms with van der Waals surface area (Å²) in [5.74, 6) is -6.41. The van der Waals surface area contributed by atoms with Gasteiger partial charge in [0.1, 0.15) is 5.75 Å². The number of anilines is 2. The number of phenolic OH excluding ortho intramolecular Hbond substituents is 1. The average molecular weight is 767 g/mol. The second-order valence-electron chi connectivity index (χ2n) is 15.5. The Morgan fingerprint density at radius 2 is 1.39 bits per heavy atom. The van der Waals surface area contributed by atoms with E-state index >= 15 is 9.59 Å². The molecule has 4 aromatic carbocycles. The highest BCUT2D eigenvalue weighted by Gasteiger charge is 2.66. The number of Topliss-reactive ketones (excluding diaryl/α,β-unsaturated/α-hetero) is 1. The number of nitro benzene ring substituents is 2. The van der Waals surface area contributed by atoms with Gasteiger partial charge in [-0.05, 0) is 66.5 Å². The van der Waals surface area contributed by atoms with Gasteiger partial charge in [-0.25, -0.2) is 4.90 Å². The second kappa shape index (κ2) is 13.5. The summed E-state index contributed by atoms with van der Waals surface area (Å²) in [6.45, 7) is 3.50. The van der Waals surface area contributed by atoms with Crippen molar-refractivity contribution in [2.24, 2.45) is 23.7 Å². The molecule has 0 unspecified atom stereocenters. The maximum atomic E-state index is 15.3. The van der Waals surface area contributed by atoms with Gasteiger partial charge in [-0.15, -0.1) is 0 Å². The molecule has 1 saturated carbocycles. The number of phenols is 1. The lowest BCUT2D eigenvalue weighted by Gasteiger charge is -2.55. The third kappa shape index (κ3) is 5.43. The van der Waals surface area contributed by atoms with Crippen LogP contribution in [0.3, 0.4) is 0 Å². The number of nitro groups is 2. The minimum Gasteiger partial charge on any atom is -0.507 e. The van der Waals surface area contributed by atoms with E-state index in [2.05, 4.69) is 0 Å². The first-order valence-electron chi connectivity index (χ1n) is 18.6. The van der Waals surface area contributed by atoms with Crippen molar-refractivity contribution in [3.8, 4) is 5.75 Å². The molecule has 3 aliphatic carbocycles. The van der Waals surface area contributed by atoms with E-state index in [-0.39, 0.29) is 47.1 Å². The molecule has 2 fully saturated rings. The first-order valence-corrected chi connectivity index (χ1v) is 18.6. The molecule has 1 heterocycles. The van der Waals surface area contributed by atoms with Gasteiger partial charge in [0.25, 0.3) is 0 Å². The van der Waals surface area contributed by atoms with E-state index in [1.807, 2.05) is 42.5 Å². The zero-order valence-electron chi connectivity index (χ0n) is 31.5. The van der Waals surface area contributed by atoms with E-state index in [1.54, 1.807) is 50.2 Å². The first kappa shape index (κ1) is 37.2. The number of benzene rings is 4. The highest BCUT2D eigenvalue weighted by Crippen LogP contribution is 2.64. The molecule has 57 heavy (non-hydrogen) atoms. The number of aromatic hydroxyl groups is 1. The van der Waals surface area contributed by atoms with Gasteiger partial charge >= 0.3 is 11.4 Å². The van der Waals surface area contributed by atoms with Crippen molar-refractivity contribution in [3.05, 3.63) is 151 Å². The van der Waals surface area contributed by atoms with Gasteiger partial charge in [0.2, 0.25) is 11.8 Å². The number of carbonyl (C=O) groups excluding carboxylic acids is 4. The minimum atomic E-state index is -1.48. The maximum Gasteiger partial charge on any atom is 0.301 e. The van der Waals surface area contributed by atoms with Crippen molar-refractivity contribution in [1.29, 1.82) is 0 Å². The van der Waals surface area contributed by atoms with E-state index in [0.717, 1.165) is 17.0 Å². The number of amides is 2. The van der Waals surface area contributed by atoms with Gasteiger partial charge in [-0.1, -0.05) is 84.4 Å². The van der Waals surface area contributed by atoms with E-state index in [0.29, 0.717) is 33.4 Å². The van der Waals surface area contributed by atoms with E-state index in [4.69, 9.17) is 0 Å². The molecular formula is C44H38N4O9. The van der Waals surface area contributed by atoms with Gasteiger partial charge in [0.05, 0.1) is 32.8 Å². The van der Waals surface area contributed by atoms with Crippen molar-refractivity contribution in [2.45, 2.75) is 38.0 Å². The Kier molecular flexibility index (Phi) is 8.78. The third-order valence-electron chi connectivity index (χ3n) is 12.4. The van der Waals surface area contributed by atoms with Crippen LogP contribution in [0.2, 0.25) is 0 Å². The fourth-order valence-electron chi connectivity index (χ4n) is 10.1. The first-order chi connectivity index (χ1) is 27.2. The van der Waals surface area contributed by atoms with Gasteiger partial charge in [-0.3, -0.25) is 39.4 Å². The summed E-state index contributed by atoms with van der Waals surface area (Å²) in [4.78, 5) is 84.6. The predicted octanol–water partition coefficient (Wildman–Crippen LogP) is 6.92. The molecule has 6 atom stereocenters. The Bertz CT molecular complexity index is 2450. The maximum absolute atomic E-state index is 15.3. The number of nitrogens with zero attached hydrogens (tertiary/aromatic N) is 4. The van der Waals surface area contributed by atoms with Crippen LogP contribution in [0, 0.1) is 57.7 Å². The van der Waals surface area contributed by atoms with Gasteiger partial charge in [0.15, 0.2) is 17.3 Å². The number of imide groups is 1. The number of hydrogen-bond donors (Lipinski definition) is 1. The summed E-state index contributed by atoms with van der Waals surface area (Å²) in [7, 11) is 2.84. The van der Waals surface area contributed by atoms with Crippen molar-refractivity contribution in [3.63, 3.8) is 0 Å². The van der Waals surface area contributed by atoms with Crippen LogP contribution in [-0.2, 0) is 24.6 Å². The van der Waals surface area contributed by atoms with Crippen molar-refractivity contribution >= 4 is 51.7 Å². The highest BCUT2D eigenvalue weighted by atomic mass is 16.6. The molecule has 0 bridgehead atoms. The van der Waals surface area contributed by atoms with E-state index in [1.165, 1.54) is 25.1 Å². The Morgan fingerprint density at radius 3 is 1.95 bits per heavy atom. The number of allylic oxidation sites excluding steroid dienone is 4. The molecule has 8 rings (SSSR count). The molecule has 4 aromatic rings. The smallest absolute Gasteiger partial charge is 0.301 e. The lowest BCUT2D eigenvalue weighted by atomic mass is 9.44. The number of rotatable bonds is 7. The van der Waals surface area contributed by atoms with Crippen LogP contribution in [0.4, 0.5) is 22.7 Å². The van der Waals surface area contributed by atoms with E-state index < -0.39 is 68.0 Å². The van der Waals surface area contributed by atoms with Crippen molar-refractivity contribution in [1.82, 2.24) is 0 Å². The number of carbonyl (C=O) groups is 4. The van der Waals surface area contributed by atoms with Crippen LogP contribution in [0.5, 0.6) is 5.75 Å². The standard InChI is InChI=1S/C44H38N4O9/c1-23-17-26(18-24(2)40(23)50)38-29-15-16-30-37(43(53)46(42(30)52)28-19-34(47(54)55)39(45(3)4)35(20-28)48(56)57)32(29)21-33-41(51)31(25-11-7-5-8-12-25)22-36(49)44(33,38)27-13-9-6-10-14-27/h5-15,17-20,22,30,32-33,37-38,50H,16,21H2,1-4H3/t30-,32+,33-,37-,38-,44-/m0/s1. The summed E-state index contributed by atoms with van der Waals surface area (Å²) < 4.78 is 0. The summed E-state index contributed by atoms with van der Waals surface area (Å²) in [6, 6.07) is 23.6. The average Bonchev–Trinajstić information content (AvgIpc) is 3.45. The number of fused-ring (bicyclic) bond motifs is 4. The molecule has 13 heteroatoms.